The zero-order chi connectivity index (χ0) is 20.4. The molecule has 2 fully saturated rings. The van der Waals surface area contributed by atoms with Crippen LogP contribution in [-0.2, 0) is 0 Å². The maximum Gasteiger partial charge on any atom is 0.167 e. The molecule has 2 atom stereocenters. The number of rotatable bonds is 5. The van der Waals surface area contributed by atoms with Crippen LogP contribution in [0.15, 0.2) is 42.5 Å². The second-order valence-electron chi connectivity index (χ2n) is 8.65. The molecule has 0 aromatic heterocycles. The number of likely N-dealkylation sites (N-methyl/N-ethyl adjacent to an activating group) is 1. The van der Waals surface area contributed by atoms with Gasteiger partial charge in [-0.2, -0.15) is 0 Å². The van der Waals surface area contributed by atoms with Crippen LogP contribution in [0.3, 0.4) is 0 Å². The molecule has 0 amide bonds. The van der Waals surface area contributed by atoms with Crippen LogP contribution in [0.25, 0.3) is 0 Å². The van der Waals surface area contributed by atoms with E-state index in [-0.39, 0.29) is 17.6 Å². The number of nitrogens with zero attached hydrogens (tertiary/aromatic N) is 1. The van der Waals surface area contributed by atoms with Gasteiger partial charge in [0.15, 0.2) is 5.78 Å². The SMILES string of the molecule is COc1ccc([C@@H]2CN(C)C[C@H]2C(=O)c2ccc(C3CCCCC3)cc2)cc1Cl. The smallest absolute Gasteiger partial charge is 0.167 e. The van der Waals surface area contributed by atoms with Gasteiger partial charge in [0.05, 0.1) is 12.1 Å². The molecule has 4 heteroatoms. The fraction of sp³-hybridized carbons (Fsp3) is 0.480. The summed E-state index contributed by atoms with van der Waals surface area (Å²) < 4.78 is 5.28. The molecule has 154 valence electrons. The number of hydrogen-bond donors (Lipinski definition) is 0. The van der Waals surface area contributed by atoms with E-state index in [1.165, 1.54) is 37.7 Å². The van der Waals surface area contributed by atoms with E-state index in [2.05, 4.69) is 24.1 Å². The Morgan fingerprint density at radius 3 is 2.34 bits per heavy atom. The van der Waals surface area contributed by atoms with Gasteiger partial charge in [-0.25, -0.2) is 0 Å². The third-order valence-corrected chi connectivity index (χ3v) is 7.01. The molecule has 3 nitrogen and oxygen atoms in total. The molecule has 0 bridgehead atoms. The van der Waals surface area contributed by atoms with Gasteiger partial charge in [-0.3, -0.25) is 4.79 Å². The average Bonchev–Trinajstić information content (AvgIpc) is 3.15. The van der Waals surface area contributed by atoms with Crippen molar-refractivity contribution < 1.29 is 9.53 Å². The summed E-state index contributed by atoms with van der Waals surface area (Å²) in [5.41, 5.74) is 3.33. The first kappa shape index (κ1) is 20.4. The Kier molecular flexibility index (Phi) is 6.26. The van der Waals surface area contributed by atoms with Gasteiger partial charge in [0, 0.05) is 30.5 Å². The molecule has 1 aliphatic heterocycles. The molecular formula is C25H30ClNO2. The van der Waals surface area contributed by atoms with Crippen molar-refractivity contribution in [3.05, 3.63) is 64.2 Å². The highest BCUT2D eigenvalue weighted by Gasteiger charge is 2.37. The third kappa shape index (κ3) is 4.36. The standard InChI is InChI=1S/C25H30ClNO2/c1-27-15-21(20-12-13-24(29-2)23(26)14-20)22(16-27)25(28)19-10-8-18(9-11-19)17-6-4-3-5-7-17/h8-14,17,21-22H,3-7,15-16H2,1-2H3/t21-,22+/m0/s1. The second kappa shape index (κ2) is 8.89. The number of carbonyl (C=O) groups excluding carboxylic acids is 1. The number of Topliss-reactive ketones (excluding diaryl/α,β-unsaturated/α-hetero) is 1. The van der Waals surface area contributed by atoms with E-state index in [1.54, 1.807) is 7.11 Å². The van der Waals surface area contributed by atoms with Crippen LogP contribution in [0.2, 0.25) is 5.02 Å². The van der Waals surface area contributed by atoms with E-state index in [0.29, 0.717) is 16.7 Å². The number of ketones is 1. The van der Waals surface area contributed by atoms with Crippen LogP contribution in [0.5, 0.6) is 5.75 Å². The highest BCUT2D eigenvalue weighted by molar-refractivity contribution is 6.32. The predicted molar refractivity (Wildman–Crippen MR) is 118 cm³/mol. The molecule has 0 spiro atoms. The van der Waals surface area contributed by atoms with Crippen LogP contribution in [0, 0.1) is 5.92 Å². The molecule has 1 saturated carbocycles. The first-order chi connectivity index (χ1) is 14.1. The fourth-order valence-corrected chi connectivity index (χ4v) is 5.35. The Labute approximate surface area is 179 Å². The van der Waals surface area contributed by atoms with Crippen molar-refractivity contribution in [1.82, 2.24) is 4.90 Å². The van der Waals surface area contributed by atoms with Crippen LogP contribution in [-0.4, -0.2) is 37.9 Å². The van der Waals surface area contributed by atoms with Gasteiger partial charge in [-0.15, -0.1) is 0 Å². The Balaban J connectivity index is 1.54. The lowest BCUT2D eigenvalue weighted by atomic mass is 9.82. The Hall–Kier alpha value is -1.84. The molecule has 0 radical (unpaired) electrons. The van der Waals surface area contributed by atoms with Gasteiger partial charge < -0.3 is 9.64 Å². The minimum atomic E-state index is -0.0509. The van der Waals surface area contributed by atoms with Crippen molar-refractivity contribution >= 4 is 17.4 Å². The van der Waals surface area contributed by atoms with Crippen LogP contribution in [0.4, 0.5) is 0 Å². The summed E-state index contributed by atoms with van der Waals surface area (Å²) in [5, 5.41) is 0.600. The minimum absolute atomic E-state index is 0.0509. The van der Waals surface area contributed by atoms with E-state index >= 15 is 0 Å². The molecule has 2 aromatic rings. The quantitative estimate of drug-likeness (QED) is 0.571. The summed E-state index contributed by atoms with van der Waals surface area (Å²) in [6, 6.07) is 14.3. The first-order valence-electron chi connectivity index (χ1n) is 10.7. The average molecular weight is 412 g/mol. The summed E-state index contributed by atoms with van der Waals surface area (Å²) in [6.45, 7) is 1.64. The van der Waals surface area contributed by atoms with Crippen molar-refractivity contribution in [1.29, 1.82) is 0 Å². The van der Waals surface area contributed by atoms with Gasteiger partial charge in [0.25, 0.3) is 0 Å². The highest BCUT2D eigenvalue weighted by Crippen LogP contribution is 2.38. The number of methoxy groups -OCH3 is 1. The van der Waals surface area contributed by atoms with E-state index < -0.39 is 0 Å². The molecule has 1 heterocycles. The van der Waals surface area contributed by atoms with Crippen molar-refractivity contribution in [3.63, 3.8) is 0 Å². The highest BCUT2D eigenvalue weighted by atomic mass is 35.5. The van der Waals surface area contributed by atoms with Gasteiger partial charge in [-0.1, -0.05) is 61.2 Å². The minimum Gasteiger partial charge on any atom is -0.495 e. The van der Waals surface area contributed by atoms with E-state index in [9.17, 15) is 4.79 Å². The van der Waals surface area contributed by atoms with Crippen molar-refractivity contribution in [3.8, 4) is 5.75 Å². The topological polar surface area (TPSA) is 29.5 Å². The van der Waals surface area contributed by atoms with E-state index in [4.69, 9.17) is 16.3 Å². The van der Waals surface area contributed by atoms with E-state index in [1.807, 2.05) is 30.3 Å². The van der Waals surface area contributed by atoms with E-state index in [0.717, 1.165) is 24.2 Å². The van der Waals surface area contributed by atoms with Gasteiger partial charge >= 0.3 is 0 Å². The molecule has 1 aliphatic carbocycles. The summed E-state index contributed by atoms with van der Waals surface area (Å²) in [4.78, 5) is 15.6. The van der Waals surface area contributed by atoms with Crippen molar-refractivity contribution in [2.24, 2.45) is 5.92 Å². The second-order valence-corrected chi connectivity index (χ2v) is 9.06. The zero-order valence-corrected chi connectivity index (χ0v) is 18.1. The fourth-order valence-electron chi connectivity index (χ4n) is 5.09. The number of carbonyl (C=O) groups is 1. The van der Waals surface area contributed by atoms with Gasteiger partial charge in [-0.05, 0) is 49.1 Å². The number of benzene rings is 2. The third-order valence-electron chi connectivity index (χ3n) is 6.71. The molecular weight excluding hydrogens is 382 g/mol. The largest absolute Gasteiger partial charge is 0.495 e. The maximum atomic E-state index is 13.4. The molecule has 2 aromatic carbocycles. The Morgan fingerprint density at radius 2 is 1.69 bits per heavy atom. The van der Waals surface area contributed by atoms with Crippen molar-refractivity contribution in [2.75, 3.05) is 27.2 Å². The summed E-state index contributed by atoms with van der Waals surface area (Å²) in [6.07, 6.45) is 6.57. The molecule has 29 heavy (non-hydrogen) atoms. The maximum absolute atomic E-state index is 13.4. The normalized spacial score (nSPS) is 23.3. The van der Waals surface area contributed by atoms with Crippen molar-refractivity contribution in [2.45, 2.75) is 43.9 Å². The molecule has 1 saturated heterocycles. The summed E-state index contributed by atoms with van der Waals surface area (Å²) in [7, 11) is 3.70. The number of likely N-dealkylation sites (tertiary alicyclic amines) is 1. The Bertz CT molecular complexity index is 858. The van der Waals surface area contributed by atoms with Crippen LogP contribution >= 0.6 is 11.6 Å². The number of halogens is 1. The van der Waals surface area contributed by atoms with Gasteiger partial charge in [0.2, 0.25) is 0 Å². The van der Waals surface area contributed by atoms with Crippen LogP contribution in [0.1, 0.15) is 65.4 Å². The lowest BCUT2D eigenvalue weighted by molar-refractivity contribution is 0.0915. The summed E-state index contributed by atoms with van der Waals surface area (Å²) >= 11 is 6.36. The zero-order valence-electron chi connectivity index (χ0n) is 17.4. The first-order valence-corrected chi connectivity index (χ1v) is 11.1. The number of hydrogen-bond acceptors (Lipinski definition) is 3. The lowest BCUT2D eigenvalue weighted by Crippen LogP contribution is -2.22. The number of ether oxygens (including phenoxy) is 1. The summed E-state index contributed by atoms with van der Waals surface area (Å²) in [5.74, 6) is 1.67. The Morgan fingerprint density at radius 1 is 1.00 bits per heavy atom. The predicted octanol–water partition coefficient (Wildman–Crippen LogP) is 5.92. The lowest BCUT2D eigenvalue weighted by Gasteiger charge is -2.22. The monoisotopic (exact) mass is 411 g/mol. The molecule has 0 unspecified atom stereocenters. The molecule has 4 rings (SSSR count). The van der Waals surface area contributed by atoms with Gasteiger partial charge in [0.1, 0.15) is 5.75 Å². The van der Waals surface area contributed by atoms with Crippen LogP contribution < -0.4 is 4.74 Å². The molecule has 0 N–H and O–H groups in total. The molecule has 2 aliphatic rings.